The average molecular weight is 271 g/mol. The number of halogens is 2. The monoisotopic (exact) mass is 271 g/mol. The van der Waals surface area contributed by atoms with Crippen LogP contribution in [0.2, 0.25) is 0 Å². The highest BCUT2D eigenvalue weighted by atomic mass is 19.1. The predicted molar refractivity (Wildman–Crippen MR) is 61.5 cm³/mol. The van der Waals surface area contributed by atoms with E-state index in [-0.39, 0.29) is 12.1 Å². The van der Waals surface area contributed by atoms with Crippen LogP contribution in [-0.2, 0) is 0 Å². The number of nitro benzene ring substituents is 1. The van der Waals surface area contributed by atoms with Crippen molar-refractivity contribution in [2.24, 2.45) is 5.73 Å². The highest BCUT2D eigenvalue weighted by Gasteiger charge is 2.31. The van der Waals surface area contributed by atoms with E-state index >= 15 is 0 Å². The van der Waals surface area contributed by atoms with Crippen molar-refractivity contribution in [3.05, 3.63) is 39.4 Å². The maximum absolute atomic E-state index is 13.7. The van der Waals surface area contributed by atoms with Crippen LogP contribution in [0.15, 0.2) is 12.1 Å². The summed E-state index contributed by atoms with van der Waals surface area (Å²) < 4.78 is 27.2. The molecule has 1 aromatic rings. The molecule has 0 atom stereocenters. The second-order valence-corrected chi connectivity index (χ2v) is 4.41. The normalized spacial score (nSPS) is 21.6. The van der Waals surface area contributed by atoms with Crippen molar-refractivity contribution < 1.29 is 18.5 Å². The van der Waals surface area contributed by atoms with Gasteiger partial charge in [-0.25, -0.2) is 4.39 Å². The Morgan fingerprint density at radius 2 is 2.05 bits per heavy atom. The Morgan fingerprint density at radius 3 is 2.58 bits per heavy atom. The second-order valence-electron chi connectivity index (χ2n) is 4.41. The van der Waals surface area contributed by atoms with Crippen LogP contribution < -0.4 is 11.1 Å². The van der Waals surface area contributed by atoms with Gasteiger partial charge in [0, 0.05) is 18.2 Å². The molecule has 0 bridgehead atoms. The largest absolute Gasteiger partial charge is 0.349 e. The number of hydrogen-bond donors (Lipinski definition) is 2. The Kier molecular flexibility index (Phi) is 3.43. The van der Waals surface area contributed by atoms with Gasteiger partial charge >= 0.3 is 5.69 Å². The van der Waals surface area contributed by atoms with Gasteiger partial charge in [-0.1, -0.05) is 0 Å². The Bertz CT molecular complexity index is 544. The number of nitrogens with two attached hydrogens (primary N) is 1. The minimum Gasteiger partial charge on any atom is -0.349 e. The van der Waals surface area contributed by atoms with E-state index < -0.39 is 33.7 Å². The van der Waals surface area contributed by atoms with Crippen molar-refractivity contribution in [2.45, 2.75) is 24.9 Å². The van der Waals surface area contributed by atoms with Crippen molar-refractivity contribution in [1.29, 1.82) is 0 Å². The number of benzene rings is 1. The molecule has 1 fully saturated rings. The van der Waals surface area contributed by atoms with Crippen LogP contribution in [-0.4, -0.2) is 22.9 Å². The van der Waals surface area contributed by atoms with Crippen molar-refractivity contribution in [2.75, 3.05) is 0 Å². The fraction of sp³-hybridized carbons (Fsp3) is 0.364. The lowest BCUT2D eigenvalue weighted by atomic mass is 9.87. The van der Waals surface area contributed by atoms with E-state index in [4.69, 9.17) is 5.73 Å². The lowest BCUT2D eigenvalue weighted by Gasteiger charge is -2.32. The molecule has 1 aromatic carbocycles. The second kappa shape index (κ2) is 4.88. The summed E-state index contributed by atoms with van der Waals surface area (Å²) in [6, 6.07) is 1.09. The lowest BCUT2D eigenvalue weighted by Crippen LogP contribution is -2.50. The Morgan fingerprint density at radius 1 is 1.42 bits per heavy atom. The molecule has 1 aliphatic carbocycles. The molecule has 0 unspecified atom stereocenters. The first-order valence-electron chi connectivity index (χ1n) is 5.59. The molecule has 0 spiro atoms. The van der Waals surface area contributed by atoms with Crippen LogP contribution in [0.5, 0.6) is 0 Å². The summed E-state index contributed by atoms with van der Waals surface area (Å²) in [5, 5.41) is 12.9. The number of nitro groups is 1. The Hall–Kier alpha value is -2.09. The third-order valence-corrected chi connectivity index (χ3v) is 3.00. The number of carbonyl (C=O) groups excluding carboxylic acids is 1. The Balaban J connectivity index is 2.25. The molecule has 102 valence electrons. The number of rotatable bonds is 3. The van der Waals surface area contributed by atoms with Gasteiger partial charge in [0.05, 0.1) is 4.92 Å². The fourth-order valence-corrected chi connectivity index (χ4v) is 1.93. The van der Waals surface area contributed by atoms with Gasteiger partial charge in [0.15, 0.2) is 0 Å². The third kappa shape index (κ3) is 2.53. The van der Waals surface area contributed by atoms with Crippen molar-refractivity contribution in [3.63, 3.8) is 0 Å². The Labute approximate surface area is 106 Å². The standard InChI is InChI=1S/C11H11F2N3O3/c12-7-1-2-8(16(18)19)10(13)9(7)11(17)15-6-3-5(14)4-6/h1-2,5-6H,3-4,14H2,(H,15,17). The molecule has 6 nitrogen and oxygen atoms in total. The molecular formula is C11H11F2N3O3. The number of amides is 1. The molecule has 1 amide bonds. The van der Waals surface area contributed by atoms with Gasteiger partial charge in [-0.3, -0.25) is 14.9 Å². The third-order valence-electron chi connectivity index (χ3n) is 3.00. The van der Waals surface area contributed by atoms with Crippen LogP contribution in [0.25, 0.3) is 0 Å². The van der Waals surface area contributed by atoms with E-state index in [2.05, 4.69) is 5.32 Å². The lowest BCUT2D eigenvalue weighted by molar-refractivity contribution is -0.387. The summed E-state index contributed by atoms with van der Waals surface area (Å²) in [5.74, 6) is -3.61. The van der Waals surface area contributed by atoms with Gasteiger partial charge in [0.25, 0.3) is 5.91 Å². The SMILES string of the molecule is NC1CC(NC(=O)c2c(F)ccc([N+](=O)[O-])c2F)C1. The number of carbonyl (C=O) groups is 1. The van der Waals surface area contributed by atoms with E-state index in [1.165, 1.54) is 0 Å². The van der Waals surface area contributed by atoms with Crippen molar-refractivity contribution >= 4 is 11.6 Å². The number of nitrogens with zero attached hydrogens (tertiary/aromatic N) is 1. The van der Waals surface area contributed by atoms with E-state index in [0.717, 1.165) is 0 Å². The summed E-state index contributed by atoms with van der Waals surface area (Å²) in [6.45, 7) is 0. The molecule has 2 rings (SSSR count). The van der Waals surface area contributed by atoms with Gasteiger partial charge in [-0.2, -0.15) is 4.39 Å². The quantitative estimate of drug-likeness (QED) is 0.635. The van der Waals surface area contributed by atoms with Crippen LogP contribution >= 0.6 is 0 Å². The van der Waals surface area contributed by atoms with E-state index in [9.17, 15) is 23.7 Å². The van der Waals surface area contributed by atoms with Crippen molar-refractivity contribution in [3.8, 4) is 0 Å². The first kappa shape index (κ1) is 13.3. The van der Waals surface area contributed by atoms with Gasteiger partial charge in [-0.15, -0.1) is 0 Å². The van der Waals surface area contributed by atoms with E-state index in [0.29, 0.717) is 25.0 Å². The zero-order valence-electron chi connectivity index (χ0n) is 9.73. The topological polar surface area (TPSA) is 98.3 Å². The number of hydrogen-bond acceptors (Lipinski definition) is 4. The summed E-state index contributed by atoms with van der Waals surface area (Å²) in [5.41, 5.74) is 3.65. The number of nitrogens with one attached hydrogen (secondary N) is 1. The molecular weight excluding hydrogens is 260 g/mol. The maximum atomic E-state index is 13.7. The van der Waals surface area contributed by atoms with Crippen LogP contribution in [0.4, 0.5) is 14.5 Å². The first-order valence-corrected chi connectivity index (χ1v) is 5.59. The molecule has 8 heteroatoms. The summed E-state index contributed by atoms with van der Waals surface area (Å²) in [7, 11) is 0. The fourth-order valence-electron chi connectivity index (χ4n) is 1.93. The van der Waals surface area contributed by atoms with Crippen LogP contribution in [0.1, 0.15) is 23.2 Å². The molecule has 3 N–H and O–H groups in total. The van der Waals surface area contributed by atoms with Crippen molar-refractivity contribution in [1.82, 2.24) is 5.32 Å². The first-order chi connectivity index (χ1) is 8.90. The molecule has 0 aromatic heterocycles. The minimum absolute atomic E-state index is 0.0369. The zero-order valence-corrected chi connectivity index (χ0v) is 9.73. The molecule has 1 aliphatic rings. The van der Waals surface area contributed by atoms with Gasteiger partial charge in [0.1, 0.15) is 11.4 Å². The highest BCUT2D eigenvalue weighted by Crippen LogP contribution is 2.24. The average Bonchev–Trinajstić information content (AvgIpc) is 2.26. The minimum atomic E-state index is -1.47. The molecule has 19 heavy (non-hydrogen) atoms. The van der Waals surface area contributed by atoms with E-state index in [1.54, 1.807) is 0 Å². The van der Waals surface area contributed by atoms with E-state index in [1.807, 2.05) is 0 Å². The maximum Gasteiger partial charge on any atom is 0.305 e. The van der Waals surface area contributed by atoms with Crippen LogP contribution in [0, 0.1) is 21.7 Å². The molecule has 0 aliphatic heterocycles. The summed E-state index contributed by atoms with van der Waals surface area (Å²) >= 11 is 0. The zero-order chi connectivity index (χ0) is 14.2. The molecule has 0 radical (unpaired) electrons. The molecule has 0 saturated heterocycles. The molecule has 1 saturated carbocycles. The van der Waals surface area contributed by atoms with Gasteiger partial charge in [-0.05, 0) is 18.9 Å². The predicted octanol–water partition coefficient (Wildman–Crippen LogP) is 1.09. The highest BCUT2D eigenvalue weighted by molar-refractivity contribution is 5.95. The summed E-state index contributed by atoms with van der Waals surface area (Å²) in [6.07, 6.45) is 1.04. The smallest absolute Gasteiger partial charge is 0.305 e. The molecule has 0 heterocycles. The van der Waals surface area contributed by atoms with Gasteiger partial charge < -0.3 is 11.1 Å². The van der Waals surface area contributed by atoms with Crippen LogP contribution in [0.3, 0.4) is 0 Å². The van der Waals surface area contributed by atoms with Gasteiger partial charge in [0.2, 0.25) is 5.82 Å². The summed E-state index contributed by atoms with van der Waals surface area (Å²) in [4.78, 5) is 21.2.